The number of benzene rings is 1. The van der Waals surface area contributed by atoms with E-state index in [1.54, 1.807) is 30.5 Å². The maximum Gasteiger partial charge on any atom is 0.226 e. The van der Waals surface area contributed by atoms with Crippen molar-refractivity contribution in [3.05, 3.63) is 64.6 Å². The van der Waals surface area contributed by atoms with Gasteiger partial charge in [-0.05, 0) is 37.6 Å². The fourth-order valence-electron chi connectivity index (χ4n) is 3.77. The average molecular weight is 395 g/mol. The van der Waals surface area contributed by atoms with E-state index in [0.29, 0.717) is 34.4 Å². The first-order chi connectivity index (χ1) is 13.9. The quantitative estimate of drug-likeness (QED) is 0.564. The lowest BCUT2D eigenvalue weighted by atomic mass is 9.85. The largest absolute Gasteiger partial charge is 0.310 e. The van der Waals surface area contributed by atoms with Crippen LogP contribution in [0.15, 0.2) is 30.3 Å². The molecule has 0 aliphatic carbocycles. The highest BCUT2D eigenvalue weighted by Crippen LogP contribution is 2.41. The molecule has 1 amide bonds. The average Bonchev–Trinajstić information content (AvgIpc) is 3.23. The summed E-state index contributed by atoms with van der Waals surface area (Å²) in [7, 11) is 0. The normalized spacial score (nSPS) is 16.1. The Kier molecular flexibility index (Phi) is 3.70. The molecule has 3 aromatic heterocycles. The highest BCUT2D eigenvalue weighted by molar-refractivity contribution is 5.95. The van der Waals surface area contributed by atoms with E-state index in [0.717, 1.165) is 6.07 Å². The van der Waals surface area contributed by atoms with Gasteiger partial charge in [0.05, 0.1) is 5.69 Å². The number of carbonyl (C=O) groups excluding carboxylic acids is 1. The number of halogens is 2. The van der Waals surface area contributed by atoms with Gasteiger partial charge >= 0.3 is 0 Å². The number of amides is 1. The summed E-state index contributed by atoms with van der Waals surface area (Å²) in [5.74, 6) is -1.43. The van der Waals surface area contributed by atoms with Gasteiger partial charge in [-0.25, -0.2) is 8.78 Å². The molecular formula is C19H15F2N7O. The van der Waals surface area contributed by atoms with E-state index in [-0.39, 0.29) is 17.9 Å². The first kappa shape index (κ1) is 17.4. The standard InChI is InChI=1S/C19H15F2N7O/c1-9-17-12(11-4-3-5-13(20)18(11)21)8-16(29)22-19(17)28(25-9)15-7-6-14-24-23-10(2)27(14)26-15/h3-7,12H,8H2,1-2H3,(H,22,29)/t12-/m0/s1. The van der Waals surface area contributed by atoms with Crippen LogP contribution in [-0.2, 0) is 4.79 Å². The van der Waals surface area contributed by atoms with Crippen molar-refractivity contribution < 1.29 is 13.6 Å². The predicted octanol–water partition coefficient (Wildman–Crippen LogP) is 2.68. The Morgan fingerprint density at radius 3 is 2.76 bits per heavy atom. The van der Waals surface area contributed by atoms with Crippen molar-refractivity contribution in [2.75, 3.05) is 5.32 Å². The van der Waals surface area contributed by atoms with Crippen LogP contribution in [0, 0.1) is 25.5 Å². The molecule has 5 rings (SSSR count). The minimum atomic E-state index is -0.954. The van der Waals surface area contributed by atoms with Gasteiger partial charge in [0.1, 0.15) is 5.82 Å². The van der Waals surface area contributed by atoms with Crippen LogP contribution in [0.3, 0.4) is 0 Å². The number of aryl methyl sites for hydroxylation is 2. The molecule has 0 unspecified atom stereocenters. The Balaban J connectivity index is 1.70. The van der Waals surface area contributed by atoms with Gasteiger partial charge in [0.15, 0.2) is 28.9 Å². The van der Waals surface area contributed by atoms with Crippen molar-refractivity contribution in [3.8, 4) is 5.82 Å². The lowest BCUT2D eigenvalue weighted by Crippen LogP contribution is -2.25. The van der Waals surface area contributed by atoms with E-state index in [1.165, 1.54) is 16.8 Å². The molecule has 1 aliphatic heterocycles. The van der Waals surface area contributed by atoms with Gasteiger partial charge in [0.2, 0.25) is 5.91 Å². The first-order valence-electron chi connectivity index (χ1n) is 8.96. The number of nitrogens with zero attached hydrogens (tertiary/aromatic N) is 6. The second-order valence-electron chi connectivity index (χ2n) is 6.92. The molecule has 0 spiro atoms. The Bertz CT molecular complexity index is 1290. The van der Waals surface area contributed by atoms with Gasteiger partial charge in [-0.15, -0.1) is 15.3 Å². The van der Waals surface area contributed by atoms with Crippen LogP contribution in [0.2, 0.25) is 0 Å². The molecule has 146 valence electrons. The highest BCUT2D eigenvalue weighted by Gasteiger charge is 2.34. The summed E-state index contributed by atoms with van der Waals surface area (Å²) >= 11 is 0. The minimum Gasteiger partial charge on any atom is -0.310 e. The smallest absolute Gasteiger partial charge is 0.226 e. The monoisotopic (exact) mass is 395 g/mol. The van der Waals surface area contributed by atoms with Crippen LogP contribution >= 0.6 is 0 Å². The van der Waals surface area contributed by atoms with Gasteiger partial charge in [0.25, 0.3) is 0 Å². The van der Waals surface area contributed by atoms with E-state index < -0.39 is 17.6 Å². The Morgan fingerprint density at radius 1 is 1.10 bits per heavy atom. The summed E-state index contributed by atoms with van der Waals surface area (Å²) in [4.78, 5) is 12.4. The molecule has 1 aromatic carbocycles. The van der Waals surface area contributed by atoms with Crippen LogP contribution in [0.5, 0.6) is 0 Å². The second kappa shape index (κ2) is 6.16. The molecule has 4 aromatic rings. The van der Waals surface area contributed by atoms with Crippen molar-refractivity contribution in [2.45, 2.75) is 26.2 Å². The van der Waals surface area contributed by atoms with Crippen molar-refractivity contribution >= 4 is 17.4 Å². The summed E-state index contributed by atoms with van der Waals surface area (Å²) in [5.41, 5.74) is 1.93. The maximum atomic E-state index is 14.5. The number of aromatic nitrogens is 6. The first-order valence-corrected chi connectivity index (χ1v) is 8.96. The maximum absolute atomic E-state index is 14.5. The van der Waals surface area contributed by atoms with Crippen molar-refractivity contribution in [1.82, 2.24) is 29.6 Å². The zero-order chi connectivity index (χ0) is 20.3. The molecule has 1 atom stereocenters. The third-order valence-corrected chi connectivity index (χ3v) is 5.08. The van der Waals surface area contributed by atoms with E-state index in [1.807, 2.05) is 0 Å². The van der Waals surface area contributed by atoms with Gasteiger partial charge in [-0.1, -0.05) is 12.1 Å². The molecule has 0 radical (unpaired) electrons. The third kappa shape index (κ3) is 2.59. The number of rotatable bonds is 2. The van der Waals surface area contributed by atoms with E-state index in [9.17, 15) is 13.6 Å². The Morgan fingerprint density at radius 2 is 1.93 bits per heavy atom. The van der Waals surface area contributed by atoms with Crippen LogP contribution in [0.25, 0.3) is 11.5 Å². The van der Waals surface area contributed by atoms with E-state index in [2.05, 4.69) is 25.7 Å². The molecule has 4 heterocycles. The number of hydrogen-bond donors (Lipinski definition) is 1. The van der Waals surface area contributed by atoms with Crippen molar-refractivity contribution in [2.24, 2.45) is 0 Å². The minimum absolute atomic E-state index is 0.00306. The zero-order valence-corrected chi connectivity index (χ0v) is 15.5. The van der Waals surface area contributed by atoms with Gasteiger partial charge in [-0.2, -0.15) is 14.3 Å². The lowest BCUT2D eigenvalue weighted by molar-refractivity contribution is -0.116. The van der Waals surface area contributed by atoms with Crippen LogP contribution < -0.4 is 5.32 Å². The second-order valence-corrected chi connectivity index (χ2v) is 6.92. The number of carbonyl (C=O) groups is 1. The fourth-order valence-corrected chi connectivity index (χ4v) is 3.77. The molecule has 8 nitrogen and oxygen atoms in total. The summed E-state index contributed by atoms with van der Waals surface area (Å²) in [6, 6.07) is 7.42. The van der Waals surface area contributed by atoms with Crippen LogP contribution in [-0.4, -0.2) is 35.5 Å². The molecule has 29 heavy (non-hydrogen) atoms. The summed E-state index contributed by atoms with van der Waals surface area (Å²) in [6.45, 7) is 3.53. The van der Waals surface area contributed by atoms with E-state index in [4.69, 9.17) is 0 Å². The lowest BCUT2D eigenvalue weighted by Gasteiger charge is -2.24. The number of nitrogens with one attached hydrogen (secondary N) is 1. The number of anilines is 1. The SMILES string of the molecule is Cc1nn(-c2ccc3nnc(C)n3n2)c2c1[C@H](c1cccc(F)c1F)CC(=O)N2. The Hall–Kier alpha value is -3.69. The van der Waals surface area contributed by atoms with Crippen molar-refractivity contribution in [3.63, 3.8) is 0 Å². The van der Waals surface area contributed by atoms with E-state index >= 15 is 0 Å². The molecule has 10 heteroatoms. The van der Waals surface area contributed by atoms with Crippen molar-refractivity contribution in [1.29, 1.82) is 0 Å². The molecular weight excluding hydrogens is 380 g/mol. The van der Waals surface area contributed by atoms with Crippen LogP contribution in [0.1, 0.15) is 35.0 Å². The number of hydrogen-bond acceptors (Lipinski definition) is 5. The van der Waals surface area contributed by atoms with Crippen LogP contribution in [0.4, 0.5) is 14.6 Å². The molecule has 0 bridgehead atoms. The fraction of sp³-hybridized carbons (Fsp3) is 0.211. The predicted molar refractivity (Wildman–Crippen MR) is 98.8 cm³/mol. The topological polar surface area (TPSA) is 90.0 Å². The molecule has 0 saturated heterocycles. The zero-order valence-electron chi connectivity index (χ0n) is 15.5. The summed E-state index contributed by atoms with van der Waals surface area (Å²) in [5, 5.41) is 19.8. The molecule has 0 fully saturated rings. The Labute approximate surface area is 163 Å². The highest BCUT2D eigenvalue weighted by atomic mass is 19.2. The third-order valence-electron chi connectivity index (χ3n) is 5.08. The number of fused-ring (bicyclic) bond motifs is 2. The molecule has 1 aliphatic rings. The van der Waals surface area contributed by atoms with Gasteiger partial charge < -0.3 is 5.32 Å². The molecule has 0 saturated carbocycles. The summed E-state index contributed by atoms with van der Waals surface area (Å²) < 4.78 is 31.4. The van der Waals surface area contributed by atoms with Gasteiger partial charge in [-0.3, -0.25) is 4.79 Å². The summed E-state index contributed by atoms with van der Waals surface area (Å²) in [6.07, 6.45) is -0.00306. The van der Waals surface area contributed by atoms with Gasteiger partial charge in [0, 0.05) is 17.9 Å². The molecule has 1 N–H and O–H groups in total.